The number of methoxy groups -OCH3 is 1. The Kier molecular flexibility index (Phi) is 8.78. The van der Waals surface area contributed by atoms with Gasteiger partial charge in [-0.2, -0.15) is 10.4 Å². The zero-order chi connectivity index (χ0) is 21.9. The van der Waals surface area contributed by atoms with Gasteiger partial charge in [-0.1, -0.05) is 12.1 Å². The molecule has 0 unspecified atom stereocenters. The van der Waals surface area contributed by atoms with Gasteiger partial charge in [-0.3, -0.25) is 4.79 Å². The van der Waals surface area contributed by atoms with Gasteiger partial charge in [-0.15, -0.1) is 0 Å². The highest BCUT2D eigenvalue weighted by molar-refractivity contribution is 5.83. The van der Waals surface area contributed by atoms with E-state index in [9.17, 15) is 10.1 Å². The summed E-state index contributed by atoms with van der Waals surface area (Å²) in [6.07, 6.45) is 1.56. The number of hydrogen-bond acceptors (Lipinski definition) is 7. The van der Waals surface area contributed by atoms with Crippen LogP contribution in [-0.4, -0.2) is 43.9 Å². The minimum Gasteiger partial charge on any atom is -0.467 e. The fourth-order valence-corrected chi connectivity index (χ4v) is 2.91. The lowest BCUT2D eigenvalue weighted by atomic mass is 10.1. The molecule has 8 heteroatoms. The van der Waals surface area contributed by atoms with Gasteiger partial charge in [0.25, 0.3) is 5.91 Å². The Hall–Kier alpha value is -3.44. The van der Waals surface area contributed by atoms with Crippen LogP contribution in [0.2, 0.25) is 0 Å². The van der Waals surface area contributed by atoms with E-state index in [2.05, 4.69) is 40.3 Å². The van der Waals surface area contributed by atoms with E-state index in [0.717, 1.165) is 24.3 Å². The summed E-state index contributed by atoms with van der Waals surface area (Å²) in [6.45, 7) is 7.83. The lowest BCUT2D eigenvalue weighted by molar-refractivity contribution is -0.123. The Labute approximate surface area is 177 Å². The van der Waals surface area contributed by atoms with E-state index in [-0.39, 0.29) is 24.7 Å². The number of aromatic nitrogens is 1. The Balaban J connectivity index is 1.93. The van der Waals surface area contributed by atoms with Crippen molar-refractivity contribution in [3.63, 3.8) is 0 Å². The van der Waals surface area contributed by atoms with Crippen LogP contribution in [0.1, 0.15) is 36.2 Å². The number of nitriles is 1. The molecule has 0 fully saturated rings. The van der Waals surface area contributed by atoms with Gasteiger partial charge in [-0.25, -0.2) is 10.4 Å². The summed E-state index contributed by atoms with van der Waals surface area (Å²) in [7, 11) is 1.54. The third-order valence-corrected chi connectivity index (χ3v) is 4.37. The van der Waals surface area contributed by atoms with Gasteiger partial charge in [0.1, 0.15) is 11.6 Å². The number of carbonyl (C=O) groups is 1. The summed E-state index contributed by atoms with van der Waals surface area (Å²) in [4.78, 5) is 18.5. The molecule has 8 nitrogen and oxygen atoms in total. The smallest absolute Gasteiger partial charge is 0.278 e. The van der Waals surface area contributed by atoms with Crippen LogP contribution in [0.15, 0.2) is 35.4 Å². The monoisotopic (exact) mass is 409 g/mol. The van der Waals surface area contributed by atoms with Crippen molar-refractivity contribution in [2.24, 2.45) is 5.10 Å². The maximum Gasteiger partial charge on any atom is 0.278 e. The van der Waals surface area contributed by atoms with Gasteiger partial charge < -0.3 is 14.4 Å². The maximum absolute atomic E-state index is 12.0. The van der Waals surface area contributed by atoms with Crippen molar-refractivity contribution in [2.75, 3.05) is 31.7 Å². The minimum atomic E-state index is -0.452. The molecule has 0 aliphatic carbocycles. The molecule has 2 rings (SSSR count). The molecule has 0 spiro atoms. The van der Waals surface area contributed by atoms with Crippen LogP contribution in [0, 0.1) is 18.3 Å². The SMILES string of the molecule is CCN(CC)c1ccc(C=NNC(=O)COc2nc(C)cc(COC)c2C#N)cc1. The average Bonchev–Trinajstić information content (AvgIpc) is 2.74. The molecule has 0 atom stereocenters. The van der Waals surface area contributed by atoms with Crippen LogP contribution in [0.4, 0.5) is 5.69 Å². The van der Waals surface area contributed by atoms with Crippen molar-refractivity contribution in [3.8, 4) is 11.9 Å². The summed E-state index contributed by atoms with van der Waals surface area (Å²) >= 11 is 0. The number of carbonyl (C=O) groups excluding carboxylic acids is 1. The summed E-state index contributed by atoms with van der Waals surface area (Å²) in [5.41, 5.74) is 6.00. The summed E-state index contributed by atoms with van der Waals surface area (Å²) < 4.78 is 10.5. The largest absolute Gasteiger partial charge is 0.467 e. The first kappa shape index (κ1) is 22.8. The Morgan fingerprint density at radius 2 is 2.00 bits per heavy atom. The number of nitrogens with one attached hydrogen (secondary N) is 1. The van der Waals surface area contributed by atoms with E-state index in [1.54, 1.807) is 26.3 Å². The minimum absolute atomic E-state index is 0.107. The molecule has 1 heterocycles. The van der Waals surface area contributed by atoms with E-state index in [0.29, 0.717) is 11.3 Å². The standard InChI is InChI=1S/C22H27N5O3/c1-5-27(6-2)19-9-7-17(8-10-19)13-24-26-21(28)15-30-22-20(12-23)18(14-29-4)11-16(3)25-22/h7-11,13H,5-6,14-15H2,1-4H3,(H,26,28). The number of anilines is 1. The van der Waals surface area contributed by atoms with Gasteiger partial charge in [0.05, 0.1) is 12.8 Å². The van der Waals surface area contributed by atoms with E-state index < -0.39 is 5.91 Å². The molecule has 158 valence electrons. The molecule has 0 saturated heterocycles. The van der Waals surface area contributed by atoms with E-state index >= 15 is 0 Å². The van der Waals surface area contributed by atoms with Crippen LogP contribution < -0.4 is 15.1 Å². The first-order valence-electron chi connectivity index (χ1n) is 9.71. The molecule has 30 heavy (non-hydrogen) atoms. The Morgan fingerprint density at radius 3 is 2.60 bits per heavy atom. The number of aryl methyl sites for hydroxylation is 1. The predicted molar refractivity (Wildman–Crippen MR) is 116 cm³/mol. The first-order chi connectivity index (χ1) is 14.5. The van der Waals surface area contributed by atoms with Gasteiger partial charge >= 0.3 is 0 Å². The van der Waals surface area contributed by atoms with Crippen LogP contribution in [0.3, 0.4) is 0 Å². The number of hydrazone groups is 1. The molecule has 0 saturated carbocycles. The van der Waals surface area contributed by atoms with Gasteiger partial charge in [0.2, 0.25) is 5.88 Å². The fourth-order valence-electron chi connectivity index (χ4n) is 2.91. The van der Waals surface area contributed by atoms with Crippen LogP contribution in [0.5, 0.6) is 5.88 Å². The van der Waals surface area contributed by atoms with Gasteiger partial charge in [0.15, 0.2) is 6.61 Å². The molecule has 0 bridgehead atoms. The molecule has 1 aromatic carbocycles. The predicted octanol–water partition coefficient (Wildman–Crippen LogP) is 2.78. The van der Waals surface area contributed by atoms with E-state index in [4.69, 9.17) is 9.47 Å². The topological polar surface area (TPSA) is 99.8 Å². The van der Waals surface area contributed by atoms with Crippen LogP contribution in [-0.2, 0) is 16.1 Å². The second kappa shape index (κ2) is 11.5. The number of rotatable bonds is 10. The van der Waals surface area contributed by atoms with E-state index in [1.807, 2.05) is 24.3 Å². The normalized spacial score (nSPS) is 10.6. The lowest BCUT2D eigenvalue weighted by Crippen LogP contribution is -2.25. The van der Waals surface area contributed by atoms with E-state index in [1.165, 1.54) is 0 Å². The van der Waals surface area contributed by atoms with Crippen molar-refractivity contribution in [2.45, 2.75) is 27.4 Å². The second-order valence-corrected chi connectivity index (χ2v) is 6.49. The summed E-state index contributed by atoms with van der Waals surface area (Å²) in [5, 5.41) is 13.3. The number of nitrogens with zero attached hydrogens (tertiary/aromatic N) is 4. The van der Waals surface area contributed by atoms with Crippen molar-refractivity contribution >= 4 is 17.8 Å². The third-order valence-electron chi connectivity index (χ3n) is 4.37. The highest BCUT2D eigenvalue weighted by atomic mass is 16.5. The maximum atomic E-state index is 12.0. The number of pyridine rings is 1. The van der Waals surface area contributed by atoms with Crippen LogP contribution in [0.25, 0.3) is 0 Å². The summed E-state index contributed by atoms with van der Waals surface area (Å²) in [5.74, 6) is -0.345. The fraction of sp³-hybridized carbons (Fsp3) is 0.364. The van der Waals surface area contributed by atoms with Crippen LogP contribution >= 0.6 is 0 Å². The van der Waals surface area contributed by atoms with Crippen molar-refractivity contribution in [3.05, 3.63) is 52.7 Å². The zero-order valence-electron chi connectivity index (χ0n) is 17.8. The lowest BCUT2D eigenvalue weighted by Gasteiger charge is -2.20. The molecular weight excluding hydrogens is 382 g/mol. The third kappa shape index (κ3) is 6.29. The highest BCUT2D eigenvalue weighted by Gasteiger charge is 2.14. The summed E-state index contributed by atoms with van der Waals surface area (Å²) in [6, 6.07) is 11.7. The molecule has 0 radical (unpaired) electrons. The van der Waals surface area contributed by atoms with Crippen molar-refractivity contribution in [1.82, 2.24) is 10.4 Å². The average molecular weight is 409 g/mol. The molecule has 1 amide bonds. The Morgan fingerprint density at radius 1 is 1.30 bits per heavy atom. The quantitative estimate of drug-likeness (QED) is 0.478. The zero-order valence-corrected chi connectivity index (χ0v) is 17.8. The molecule has 1 N–H and O–H groups in total. The molecule has 0 aliphatic heterocycles. The van der Waals surface area contributed by atoms with Crippen molar-refractivity contribution < 1.29 is 14.3 Å². The Bertz CT molecular complexity index is 916. The van der Waals surface area contributed by atoms with Gasteiger partial charge in [0, 0.05) is 37.1 Å². The number of amides is 1. The molecule has 2 aromatic rings. The molecule has 0 aliphatic rings. The second-order valence-electron chi connectivity index (χ2n) is 6.49. The first-order valence-corrected chi connectivity index (χ1v) is 9.71. The number of benzene rings is 1. The molecule has 1 aromatic heterocycles. The molecular formula is C22H27N5O3. The number of hydrogen-bond donors (Lipinski definition) is 1. The highest BCUT2D eigenvalue weighted by Crippen LogP contribution is 2.21. The van der Waals surface area contributed by atoms with Gasteiger partial charge in [-0.05, 0) is 44.5 Å². The van der Waals surface area contributed by atoms with Crippen molar-refractivity contribution in [1.29, 1.82) is 5.26 Å². The number of ether oxygens (including phenoxy) is 2.